The molecule has 3 aromatic rings. The number of aryl methyl sites for hydroxylation is 1. The summed E-state index contributed by atoms with van der Waals surface area (Å²) >= 11 is 0. The number of nitrogens with one attached hydrogen (secondary N) is 2. The Labute approximate surface area is 121 Å². The average molecular weight is 281 g/mol. The van der Waals surface area contributed by atoms with Crippen LogP contribution >= 0.6 is 0 Å². The number of anilines is 1. The van der Waals surface area contributed by atoms with Gasteiger partial charge in [-0.05, 0) is 23.9 Å². The third kappa shape index (κ3) is 2.74. The number of hydrogen-bond donors (Lipinski definition) is 2. The third-order valence-corrected chi connectivity index (χ3v) is 3.15. The van der Waals surface area contributed by atoms with E-state index in [2.05, 4.69) is 25.5 Å². The van der Waals surface area contributed by atoms with Crippen molar-refractivity contribution < 1.29 is 4.79 Å². The van der Waals surface area contributed by atoms with Crippen molar-refractivity contribution in [1.82, 2.24) is 20.2 Å². The molecular weight excluding hydrogens is 266 g/mol. The largest absolute Gasteiger partial charge is 0.319 e. The molecule has 0 spiro atoms. The Kier molecular flexibility index (Phi) is 3.59. The van der Waals surface area contributed by atoms with Gasteiger partial charge in [0.05, 0.1) is 5.69 Å². The van der Waals surface area contributed by atoms with E-state index in [0.717, 1.165) is 29.4 Å². The van der Waals surface area contributed by atoms with Crippen LogP contribution in [0.25, 0.3) is 10.8 Å². The number of carbonyl (C=O) groups is 1. The lowest BCUT2D eigenvalue weighted by molar-refractivity contribution is 0.101. The number of amides is 1. The second kappa shape index (κ2) is 5.70. The van der Waals surface area contributed by atoms with E-state index in [0.29, 0.717) is 5.69 Å². The lowest BCUT2D eigenvalue weighted by Crippen LogP contribution is -2.14. The summed E-state index contributed by atoms with van der Waals surface area (Å²) in [6.45, 7) is 2.05. The van der Waals surface area contributed by atoms with Gasteiger partial charge in [0.15, 0.2) is 0 Å². The first-order valence-corrected chi connectivity index (χ1v) is 6.83. The summed E-state index contributed by atoms with van der Waals surface area (Å²) < 4.78 is 0. The molecule has 2 aromatic heterocycles. The highest BCUT2D eigenvalue weighted by Gasteiger charge is 2.13. The van der Waals surface area contributed by atoms with Crippen LogP contribution in [0.2, 0.25) is 0 Å². The monoisotopic (exact) mass is 281 g/mol. The molecule has 0 radical (unpaired) electrons. The smallest absolute Gasteiger partial charge is 0.295 e. The van der Waals surface area contributed by atoms with E-state index in [-0.39, 0.29) is 11.7 Å². The fourth-order valence-electron chi connectivity index (χ4n) is 2.15. The number of pyridine rings is 1. The van der Waals surface area contributed by atoms with Crippen molar-refractivity contribution in [2.24, 2.45) is 0 Å². The lowest BCUT2D eigenvalue weighted by atomic mass is 10.1. The molecule has 106 valence electrons. The first kappa shape index (κ1) is 13.2. The number of aromatic nitrogens is 4. The Morgan fingerprint density at radius 2 is 2.24 bits per heavy atom. The zero-order valence-electron chi connectivity index (χ0n) is 11.6. The molecule has 0 saturated heterocycles. The van der Waals surface area contributed by atoms with Crippen LogP contribution in [-0.2, 0) is 6.42 Å². The Bertz CT molecular complexity index is 775. The summed E-state index contributed by atoms with van der Waals surface area (Å²) in [6.07, 6.45) is 5.18. The van der Waals surface area contributed by atoms with E-state index >= 15 is 0 Å². The Morgan fingerprint density at radius 1 is 1.33 bits per heavy atom. The summed E-state index contributed by atoms with van der Waals surface area (Å²) in [5, 5.41) is 11.5. The minimum atomic E-state index is -0.329. The summed E-state index contributed by atoms with van der Waals surface area (Å²) in [6, 6.07) is 7.59. The van der Waals surface area contributed by atoms with Crippen LogP contribution in [0.3, 0.4) is 0 Å². The first-order valence-electron chi connectivity index (χ1n) is 6.83. The van der Waals surface area contributed by atoms with E-state index in [4.69, 9.17) is 0 Å². The molecule has 6 heteroatoms. The Morgan fingerprint density at radius 3 is 3.10 bits per heavy atom. The molecule has 6 nitrogen and oxygen atoms in total. The maximum Gasteiger partial charge on any atom is 0.295 e. The Hall–Kier alpha value is -2.76. The molecule has 0 fully saturated rings. The molecule has 0 unspecified atom stereocenters. The van der Waals surface area contributed by atoms with Gasteiger partial charge in [0.2, 0.25) is 5.82 Å². The minimum Gasteiger partial charge on any atom is -0.319 e. The van der Waals surface area contributed by atoms with E-state index in [1.165, 1.54) is 0 Å². The standard InChI is InChI=1S/C15H15N5O/c1-2-4-13-18-14(20-19-13)15(21)17-12-6-3-5-10-7-8-16-9-11(10)12/h3,5-9H,2,4H2,1H3,(H,17,21)(H,18,19,20). The van der Waals surface area contributed by atoms with Crippen LogP contribution in [0, 0.1) is 0 Å². The topological polar surface area (TPSA) is 83.6 Å². The number of fused-ring (bicyclic) bond motifs is 1. The molecule has 1 amide bonds. The van der Waals surface area contributed by atoms with Crippen LogP contribution in [0.1, 0.15) is 29.8 Å². The molecule has 0 saturated carbocycles. The van der Waals surface area contributed by atoms with E-state index in [9.17, 15) is 4.79 Å². The molecule has 2 N–H and O–H groups in total. The van der Waals surface area contributed by atoms with E-state index in [1.807, 2.05) is 31.2 Å². The van der Waals surface area contributed by atoms with Gasteiger partial charge in [-0.2, -0.15) is 0 Å². The summed E-state index contributed by atoms with van der Waals surface area (Å²) in [5.41, 5.74) is 0.701. The van der Waals surface area contributed by atoms with Crippen molar-refractivity contribution >= 4 is 22.4 Å². The van der Waals surface area contributed by atoms with E-state index < -0.39 is 0 Å². The normalized spacial score (nSPS) is 10.7. The quantitative estimate of drug-likeness (QED) is 0.769. The van der Waals surface area contributed by atoms with Gasteiger partial charge in [0, 0.05) is 24.2 Å². The maximum absolute atomic E-state index is 12.2. The zero-order valence-corrected chi connectivity index (χ0v) is 11.6. The molecule has 1 aromatic carbocycles. The van der Waals surface area contributed by atoms with Crippen LogP contribution in [0.4, 0.5) is 5.69 Å². The van der Waals surface area contributed by atoms with Gasteiger partial charge in [-0.15, -0.1) is 5.10 Å². The molecule has 3 rings (SSSR count). The van der Waals surface area contributed by atoms with Gasteiger partial charge in [-0.1, -0.05) is 19.1 Å². The molecule has 0 aliphatic rings. The highest BCUT2D eigenvalue weighted by molar-refractivity contribution is 6.07. The molecule has 0 bridgehead atoms. The highest BCUT2D eigenvalue weighted by atomic mass is 16.2. The third-order valence-electron chi connectivity index (χ3n) is 3.15. The van der Waals surface area contributed by atoms with Gasteiger partial charge in [-0.25, -0.2) is 4.98 Å². The average Bonchev–Trinajstić information content (AvgIpc) is 2.97. The maximum atomic E-state index is 12.2. The fraction of sp³-hybridized carbons (Fsp3) is 0.200. The number of carbonyl (C=O) groups excluding carboxylic acids is 1. The van der Waals surface area contributed by atoms with Crippen molar-refractivity contribution in [3.63, 3.8) is 0 Å². The molecule has 0 atom stereocenters. The van der Waals surface area contributed by atoms with Crippen molar-refractivity contribution in [1.29, 1.82) is 0 Å². The van der Waals surface area contributed by atoms with Crippen LogP contribution in [0.15, 0.2) is 36.7 Å². The SMILES string of the molecule is CCCc1nc(C(=O)Nc2cccc3ccncc23)n[nH]1. The Balaban J connectivity index is 1.85. The van der Waals surface area contributed by atoms with Crippen molar-refractivity contribution in [3.8, 4) is 0 Å². The molecule has 21 heavy (non-hydrogen) atoms. The predicted molar refractivity (Wildman–Crippen MR) is 80.1 cm³/mol. The number of nitrogens with zero attached hydrogens (tertiary/aromatic N) is 3. The van der Waals surface area contributed by atoms with Crippen LogP contribution in [0.5, 0.6) is 0 Å². The molecule has 0 aliphatic heterocycles. The summed E-state index contributed by atoms with van der Waals surface area (Å²) in [7, 11) is 0. The molecular formula is C15H15N5O. The number of rotatable bonds is 4. The van der Waals surface area contributed by atoms with Gasteiger partial charge in [0.1, 0.15) is 5.82 Å². The second-order valence-corrected chi connectivity index (χ2v) is 4.71. The first-order chi connectivity index (χ1) is 10.3. The fourth-order valence-corrected chi connectivity index (χ4v) is 2.15. The lowest BCUT2D eigenvalue weighted by Gasteiger charge is -2.06. The van der Waals surface area contributed by atoms with E-state index in [1.54, 1.807) is 12.4 Å². The van der Waals surface area contributed by atoms with Crippen molar-refractivity contribution in [2.45, 2.75) is 19.8 Å². The van der Waals surface area contributed by atoms with Gasteiger partial charge < -0.3 is 5.32 Å². The molecule has 2 heterocycles. The number of hydrogen-bond acceptors (Lipinski definition) is 4. The van der Waals surface area contributed by atoms with Gasteiger partial charge in [0.25, 0.3) is 5.91 Å². The van der Waals surface area contributed by atoms with Crippen LogP contribution < -0.4 is 5.32 Å². The number of aromatic amines is 1. The predicted octanol–water partition coefficient (Wildman–Crippen LogP) is 2.56. The zero-order chi connectivity index (χ0) is 14.7. The molecule has 0 aliphatic carbocycles. The van der Waals surface area contributed by atoms with Gasteiger partial charge >= 0.3 is 0 Å². The van der Waals surface area contributed by atoms with Crippen molar-refractivity contribution in [2.75, 3.05) is 5.32 Å². The second-order valence-electron chi connectivity index (χ2n) is 4.71. The highest BCUT2D eigenvalue weighted by Crippen LogP contribution is 2.22. The van der Waals surface area contributed by atoms with Crippen LogP contribution in [-0.4, -0.2) is 26.1 Å². The minimum absolute atomic E-state index is 0.152. The summed E-state index contributed by atoms with van der Waals surface area (Å²) in [4.78, 5) is 20.5. The van der Waals surface area contributed by atoms with Crippen molar-refractivity contribution in [3.05, 3.63) is 48.3 Å². The number of H-pyrrole nitrogens is 1. The summed E-state index contributed by atoms with van der Waals surface area (Å²) in [5.74, 6) is 0.548. The van der Waals surface area contributed by atoms with Gasteiger partial charge in [-0.3, -0.25) is 14.9 Å². The number of benzene rings is 1.